The number of hydrogen-bond donors (Lipinski definition) is 2. The number of carbonyl (C=O) groups excluding carboxylic acids is 1. The Kier molecular flexibility index (Phi) is 5.39. The Morgan fingerprint density at radius 2 is 2.05 bits per heavy atom. The molecule has 2 aromatic rings. The molecule has 2 rings (SSSR count). The second-order valence-corrected chi connectivity index (χ2v) is 5.54. The molecule has 2 atom stereocenters. The third-order valence-corrected chi connectivity index (χ3v) is 3.55. The topological polar surface area (TPSA) is 54.1 Å². The Morgan fingerprint density at radius 3 is 2.81 bits per heavy atom. The molecule has 0 radical (unpaired) electrons. The third-order valence-electron chi connectivity index (χ3n) is 3.55. The van der Waals surface area contributed by atoms with Crippen LogP contribution in [0.4, 0.5) is 0 Å². The molecule has 1 aromatic carbocycles. The number of aromatic nitrogens is 1. The van der Waals surface area contributed by atoms with Gasteiger partial charge in [0.2, 0.25) is 0 Å². The molecule has 0 saturated heterocycles. The lowest BCUT2D eigenvalue weighted by Crippen LogP contribution is -2.37. The molecule has 0 fully saturated rings. The average molecular weight is 288 g/mol. The van der Waals surface area contributed by atoms with Crippen molar-refractivity contribution in [3.8, 4) is 0 Å². The molecule has 0 aliphatic heterocycles. The van der Waals surface area contributed by atoms with Gasteiger partial charge in [-0.05, 0) is 38.8 Å². The van der Waals surface area contributed by atoms with E-state index in [1.165, 1.54) is 16.5 Å². The molecule has 1 unspecified atom stereocenters. The highest BCUT2D eigenvalue weighted by Gasteiger charge is 2.14. The van der Waals surface area contributed by atoms with Crippen molar-refractivity contribution >= 4 is 16.9 Å². The van der Waals surface area contributed by atoms with Crippen molar-refractivity contribution in [2.75, 3.05) is 6.61 Å². The summed E-state index contributed by atoms with van der Waals surface area (Å²) in [4.78, 5) is 14.8. The number of ether oxygens (including phenoxy) is 1. The predicted octanol–water partition coefficient (Wildman–Crippen LogP) is 3.03. The van der Waals surface area contributed by atoms with Gasteiger partial charge in [-0.1, -0.05) is 18.2 Å². The number of carbonyl (C=O) groups is 1. The van der Waals surface area contributed by atoms with E-state index >= 15 is 0 Å². The van der Waals surface area contributed by atoms with Crippen LogP contribution in [0.3, 0.4) is 0 Å². The first-order chi connectivity index (χ1) is 10.1. The van der Waals surface area contributed by atoms with Crippen LogP contribution in [0, 0.1) is 0 Å². The normalized spacial score (nSPS) is 14.0. The molecule has 4 heteroatoms. The van der Waals surface area contributed by atoms with Gasteiger partial charge in [-0.3, -0.25) is 4.79 Å². The van der Waals surface area contributed by atoms with E-state index in [1.807, 2.05) is 19.9 Å². The number of H-pyrrole nitrogens is 1. The number of fused-ring (bicyclic) bond motifs is 1. The fourth-order valence-electron chi connectivity index (χ4n) is 2.70. The van der Waals surface area contributed by atoms with Crippen LogP contribution in [0.25, 0.3) is 10.9 Å². The second-order valence-electron chi connectivity index (χ2n) is 5.54. The summed E-state index contributed by atoms with van der Waals surface area (Å²) in [5.41, 5.74) is 2.47. The van der Waals surface area contributed by atoms with Gasteiger partial charge in [-0.15, -0.1) is 0 Å². The van der Waals surface area contributed by atoms with Gasteiger partial charge in [0, 0.05) is 29.2 Å². The van der Waals surface area contributed by atoms with Crippen LogP contribution in [0.15, 0.2) is 30.5 Å². The monoisotopic (exact) mass is 288 g/mol. The van der Waals surface area contributed by atoms with E-state index in [-0.39, 0.29) is 12.0 Å². The largest absolute Gasteiger partial charge is 0.466 e. The summed E-state index contributed by atoms with van der Waals surface area (Å²) in [6.07, 6.45) is 3.40. The molecule has 0 aliphatic carbocycles. The molecule has 0 spiro atoms. The molecular weight excluding hydrogens is 264 g/mol. The molecular formula is C17H24N2O2. The smallest absolute Gasteiger partial charge is 0.307 e. The van der Waals surface area contributed by atoms with Gasteiger partial charge >= 0.3 is 5.97 Å². The second kappa shape index (κ2) is 7.27. The van der Waals surface area contributed by atoms with Crippen molar-refractivity contribution in [3.63, 3.8) is 0 Å². The minimum absolute atomic E-state index is 0.115. The maximum Gasteiger partial charge on any atom is 0.307 e. The zero-order valence-electron chi connectivity index (χ0n) is 13.0. The lowest BCUT2D eigenvalue weighted by atomic mass is 10.1. The summed E-state index contributed by atoms with van der Waals surface area (Å²) in [5.74, 6) is -0.142. The van der Waals surface area contributed by atoms with Crippen LogP contribution in [0.5, 0.6) is 0 Å². The first-order valence-corrected chi connectivity index (χ1v) is 7.56. The summed E-state index contributed by atoms with van der Waals surface area (Å²) in [6.45, 7) is 6.43. The van der Waals surface area contributed by atoms with Crippen molar-refractivity contribution in [3.05, 3.63) is 36.0 Å². The van der Waals surface area contributed by atoms with Crippen LogP contribution >= 0.6 is 0 Å². The SMILES string of the molecule is CCOC(=O)CC(C)N[C@H](C)Cc1c[nH]c2ccccc12. The summed E-state index contributed by atoms with van der Waals surface area (Å²) in [6, 6.07) is 8.72. The Balaban J connectivity index is 1.89. The van der Waals surface area contributed by atoms with E-state index in [4.69, 9.17) is 4.74 Å². The molecule has 1 aromatic heterocycles. The highest BCUT2D eigenvalue weighted by atomic mass is 16.5. The first-order valence-electron chi connectivity index (χ1n) is 7.56. The predicted molar refractivity (Wildman–Crippen MR) is 85.3 cm³/mol. The van der Waals surface area contributed by atoms with Crippen molar-refractivity contribution in [1.82, 2.24) is 10.3 Å². The summed E-state index contributed by atoms with van der Waals surface area (Å²) in [7, 11) is 0. The molecule has 0 amide bonds. The molecule has 0 aliphatic rings. The fourth-order valence-corrected chi connectivity index (χ4v) is 2.70. The van der Waals surface area contributed by atoms with E-state index in [2.05, 4.69) is 41.6 Å². The van der Waals surface area contributed by atoms with E-state index in [1.54, 1.807) is 0 Å². The molecule has 0 saturated carbocycles. The zero-order valence-corrected chi connectivity index (χ0v) is 13.0. The maximum atomic E-state index is 11.5. The number of hydrogen-bond acceptors (Lipinski definition) is 3. The lowest BCUT2D eigenvalue weighted by molar-refractivity contribution is -0.143. The molecule has 2 N–H and O–H groups in total. The first kappa shape index (κ1) is 15.6. The van der Waals surface area contributed by atoms with Crippen LogP contribution in [-0.2, 0) is 16.0 Å². The van der Waals surface area contributed by atoms with Gasteiger partial charge in [-0.25, -0.2) is 0 Å². The van der Waals surface area contributed by atoms with Crippen LogP contribution in [0.2, 0.25) is 0 Å². The number of para-hydroxylation sites is 1. The molecule has 114 valence electrons. The standard InChI is InChI=1S/C17H24N2O2/c1-4-21-17(20)10-13(3)19-12(2)9-14-11-18-16-8-6-5-7-15(14)16/h5-8,11-13,18-19H,4,9-10H2,1-3H3/t12-,13?/m1/s1. The van der Waals surface area contributed by atoms with E-state index in [0.717, 1.165) is 6.42 Å². The minimum Gasteiger partial charge on any atom is -0.466 e. The van der Waals surface area contributed by atoms with E-state index in [0.29, 0.717) is 19.1 Å². The van der Waals surface area contributed by atoms with Crippen molar-refractivity contribution in [1.29, 1.82) is 0 Å². The molecule has 0 bridgehead atoms. The highest BCUT2D eigenvalue weighted by Crippen LogP contribution is 2.19. The van der Waals surface area contributed by atoms with Gasteiger partial charge in [0.25, 0.3) is 0 Å². The number of aromatic amines is 1. The van der Waals surface area contributed by atoms with Gasteiger partial charge in [0.1, 0.15) is 0 Å². The lowest BCUT2D eigenvalue weighted by Gasteiger charge is -2.19. The Bertz CT molecular complexity index is 591. The summed E-state index contributed by atoms with van der Waals surface area (Å²) >= 11 is 0. The number of esters is 1. The van der Waals surface area contributed by atoms with Crippen molar-refractivity contribution in [2.45, 2.75) is 45.7 Å². The average Bonchev–Trinajstić information content (AvgIpc) is 2.82. The zero-order chi connectivity index (χ0) is 15.2. The van der Waals surface area contributed by atoms with Gasteiger partial charge in [0.05, 0.1) is 13.0 Å². The number of benzene rings is 1. The number of nitrogens with one attached hydrogen (secondary N) is 2. The van der Waals surface area contributed by atoms with Crippen LogP contribution < -0.4 is 5.32 Å². The third kappa shape index (κ3) is 4.33. The Hall–Kier alpha value is -1.81. The fraction of sp³-hybridized carbons (Fsp3) is 0.471. The minimum atomic E-state index is -0.142. The van der Waals surface area contributed by atoms with Crippen LogP contribution in [-0.4, -0.2) is 29.6 Å². The maximum absolute atomic E-state index is 11.5. The van der Waals surface area contributed by atoms with E-state index < -0.39 is 0 Å². The Morgan fingerprint density at radius 1 is 1.29 bits per heavy atom. The molecule has 21 heavy (non-hydrogen) atoms. The van der Waals surface area contributed by atoms with E-state index in [9.17, 15) is 4.79 Å². The molecule has 1 heterocycles. The van der Waals surface area contributed by atoms with Crippen molar-refractivity contribution in [2.24, 2.45) is 0 Å². The van der Waals surface area contributed by atoms with Gasteiger partial charge in [-0.2, -0.15) is 0 Å². The van der Waals surface area contributed by atoms with Crippen LogP contribution in [0.1, 0.15) is 32.8 Å². The summed E-state index contributed by atoms with van der Waals surface area (Å²) in [5, 5.41) is 4.73. The van der Waals surface area contributed by atoms with Gasteiger partial charge in [0.15, 0.2) is 0 Å². The molecule has 4 nitrogen and oxygen atoms in total. The van der Waals surface area contributed by atoms with Gasteiger partial charge < -0.3 is 15.0 Å². The van der Waals surface area contributed by atoms with Crippen molar-refractivity contribution < 1.29 is 9.53 Å². The highest BCUT2D eigenvalue weighted by molar-refractivity contribution is 5.83. The quantitative estimate of drug-likeness (QED) is 0.770. The number of rotatable bonds is 7. The Labute approximate surface area is 125 Å². The summed E-state index contributed by atoms with van der Waals surface area (Å²) < 4.78 is 4.97.